The van der Waals surface area contributed by atoms with Crippen molar-refractivity contribution in [1.82, 2.24) is 9.88 Å². The third-order valence-corrected chi connectivity index (χ3v) is 3.32. The number of anilines is 1. The van der Waals surface area contributed by atoms with Crippen LogP contribution in [0, 0.1) is 0 Å². The lowest BCUT2D eigenvalue weighted by atomic mass is 10.2. The Labute approximate surface area is 132 Å². The van der Waals surface area contributed by atoms with Gasteiger partial charge in [0.05, 0.1) is 11.9 Å². The lowest BCUT2D eigenvalue weighted by Gasteiger charge is -2.20. The molecule has 1 aromatic carbocycles. The zero-order chi connectivity index (χ0) is 15.9. The fraction of sp³-hybridized carbons (Fsp3) is 0.333. The van der Waals surface area contributed by atoms with Crippen LogP contribution in [0.5, 0.6) is 0 Å². The number of hydrogen-bond acceptors (Lipinski definition) is 3. The van der Waals surface area contributed by atoms with Crippen LogP contribution in [-0.2, 0) is 6.54 Å². The van der Waals surface area contributed by atoms with Crippen molar-refractivity contribution < 1.29 is 4.79 Å². The van der Waals surface area contributed by atoms with Gasteiger partial charge in [0, 0.05) is 19.1 Å². The molecule has 1 amide bonds. The molecule has 4 nitrogen and oxygen atoms in total. The predicted octanol–water partition coefficient (Wildman–Crippen LogP) is 3.56. The number of aromatic nitrogens is 1. The van der Waals surface area contributed by atoms with Crippen molar-refractivity contribution in [2.45, 2.75) is 33.4 Å². The molecule has 0 saturated heterocycles. The molecule has 4 heteroatoms. The molecule has 0 aliphatic heterocycles. The molecule has 0 aliphatic rings. The highest BCUT2D eigenvalue weighted by atomic mass is 16.2. The first-order valence-corrected chi connectivity index (χ1v) is 7.66. The Kier molecular flexibility index (Phi) is 5.53. The first-order chi connectivity index (χ1) is 10.6. The van der Waals surface area contributed by atoms with Gasteiger partial charge in [0.25, 0.3) is 5.91 Å². The minimum Gasteiger partial charge on any atom is -0.382 e. The Hall–Kier alpha value is -2.36. The lowest BCUT2D eigenvalue weighted by molar-refractivity contribution is 0.0746. The van der Waals surface area contributed by atoms with E-state index in [4.69, 9.17) is 0 Å². The van der Waals surface area contributed by atoms with E-state index in [1.807, 2.05) is 43.3 Å². The van der Waals surface area contributed by atoms with E-state index in [1.54, 1.807) is 17.2 Å². The molecule has 0 fully saturated rings. The molecule has 0 spiro atoms. The topological polar surface area (TPSA) is 45.2 Å². The Balaban J connectivity index is 2.08. The maximum Gasteiger partial charge on any atom is 0.272 e. The molecule has 0 atom stereocenters. The fourth-order valence-corrected chi connectivity index (χ4v) is 2.23. The largest absolute Gasteiger partial charge is 0.382 e. The van der Waals surface area contributed by atoms with E-state index in [2.05, 4.69) is 24.1 Å². The van der Waals surface area contributed by atoms with Crippen molar-refractivity contribution in [2.75, 3.05) is 11.9 Å². The molecular formula is C18H23N3O. The van der Waals surface area contributed by atoms with Crippen LogP contribution in [0.2, 0.25) is 0 Å². The maximum atomic E-state index is 12.6. The zero-order valence-electron chi connectivity index (χ0n) is 13.4. The summed E-state index contributed by atoms with van der Waals surface area (Å²) in [5, 5.41) is 3.27. The summed E-state index contributed by atoms with van der Waals surface area (Å²) in [5.41, 5.74) is 2.53. The number of hydrogen-bond donors (Lipinski definition) is 1. The van der Waals surface area contributed by atoms with E-state index < -0.39 is 0 Å². The molecular weight excluding hydrogens is 274 g/mol. The summed E-state index contributed by atoms with van der Waals surface area (Å²) in [6, 6.07) is 14.0. The summed E-state index contributed by atoms with van der Waals surface area (Å²) in [4.78, 5) is 18.6. The summed E-state index contributed by atoms with van der Waals surface area (Å²) in [6.45, 7) is 7.37. The molecule has 0 bridgehead atoms. The number of nitrogens with zero attached hydrogens (tertiary/aromatic N) is 2. The second kappa shape index (κ2) is 7.59. The summed E-state index contributed by atoms with van der Waals surface area (Å²) in [7, 11) is 0. The molecule has 0 radical (unpaired) electrons. The number of amides is 1. The minimum absolute atomic E-state index is 0.0394. The van der Waals surface area contributed by atoms with Crippen molar-refractivity contribution in [3.05, 3.63) is 59.9 Å². The molecule has 1 N–H and O–H groups in total. The van der Waals surface area contributed by atoms with E-state index in [-0.39, 0.29) is 5.91 Å². The number of benzene rings is 1. The summed E-state index contributed by atoms with van der Waals surface area (Å²) >= 11 is 0. The minimum atomic E-state index is -0.0394. The Bertz CT molecular complexity index is 593. The van der Waals surface area contributed by atoms with Gasteiger partial charge in [0.1, 0.15) is 5.69 Å². The third-order valence-electron chi connectivity index (χ3n) is 3.32. The van der Waals surface area contributed by atoms with Crippen LogP contribution in [0.3, 0.4) is 0 Å². The van der Waals surface area contributed by atoms with Gasteiger partial charge in [-0.1, -0.05) is 30.3 Å². The van der Waals surface area contributed by atoms with Crippen molar-refractivity contribution >= 4 is 11.6 Å². The van der Waals surface area contributed by atoms with Gasteiger partial charge >= 0.3 is 0 Å². The van der Waals surface area contributed by atoms with E-state index in [0.717, 1.165) is 11.3 Å². The van der Waals surface area contributed by atoms with Gasteiger partial charge in [-0.05, 0) is 38.5 Å². The standard InChI is InChI=1S/C18H23N3O/c1-4-21(13-15-8-6-5-7-9-15)18(22)17-11-10-16(12-19-17)20-14(2)3/h5-12,14,20H,4,13H2,1-3H3. The Morgan fingerprint density at radius 2 is 1.91 bits per heavy atom. The average Bonchev–Trinajstić information content (AvgIpc) is 2.53. The smallest absolute Gasteiger partial charge is 0.272 e. The van der Waals surface area contributed by atoms with E-state index in [9.17, 15) is 4.79 Å². The van der Waals surface area contributed by atoms with E-state index in [1.165, 1.54) is 0 Å². The monoisotopic (exact) mass is 297 g/mol. The third kappa shape index (κ3) is 4.32. The van der Waals surface area contributed by atoms with Gasteiger partial charge in [-0.3, -0.25) is 4.79 Å². The molecule has 0 aliphatic carbocycles. The number of rotatable bonds is 6. The highest BCUT2D eigenvalue weighted by Crippen LogP contribution is 2.12. The van der Waals surface area contributed by atoms with Crippen LogP contribution in [0.25, 0.3) is 0 Å². The summed E-state index contributed by atoms with van der Waals surface area (Å²) in [5.74, 6) is -0.0394. The fourth-order valence-electron chi connectivity index (χ4n) is 2.23. The normalized spacial score (nSPS) is 10.5. The summed E-state index contributed by atoms with van der Waals surface area (Å²) in [6.07, 6.45) is 1.71. The van der Waals surface area contributed by atoms with Crippen LogP contribution in [0.1, 0.15) is 36.8 Å². The number of nitrogens with one attached hydrogen (secondary N) is 1. The lowest BCUT2D eigenvalue weighted by Crippen LogP contribution is -2.31. The number of carbonyl (C=O) groups excluding carboxylic acids is 1. The van der Waals surface area contributed by atoms with Crippen molar-refractivity contribution in [3.8, 4) is 0 Å². The van der Waals surface area contributed by atoms with Crippen molar-refractivity contribution in [1.29, 1.82) is 0 Å². The van der Waals surface area contributed by atoms with Crippen LogP contribution in [0.4, 0.5) is 5.69 Å². The van der Waals surface area contributed by atoms with Crippen LogP contribution in [-0.4, -0.2) is 28.4 Å². The van der Waals surface area contributed by atoms with Crippen LogP contribution in [0.15, 0.2) is 48.7 Å². The second-order valence-electron chi connectivity index (χ2n) is 5.54. The molecule has 22 heavy (non-hydrogen) atoms. The highest BCUT2D eigenvalue weighted by Gasteiger charge is 2.15. The maximum absolute atomic E-state index is 12.6. The van der Waals surface area contributed by atoms with Crippen LogP contribution < -0.4 is 5.32 Å². The molecule has 116 valence electrons. The van der Waals surface area contributed by atoms with Gasteiger partial charge in [-0.15, -0.1) is 0 Å². The molecule has 1 aromatic heterocycles. The van der Waals surface area contributed by atoms with Crippen molar-refractivity contribution in [2.24, 2.45) is 0 Å². The average molecular weight is 297 g/mol. The van der Waals surface area contributed by atoms with Gasteiger partial charge in [0.15, 0.2) is 0 Å². The molecule has 2 rings (SSSR count). The molecule has 0 unspecified atom stereocenters. The first-order valence-electron chi connectivity index (χ1n) is 7.66. The van der Waals surface area contributed by atoms with Gasteiger partial charge in [-0.25, -0.2) is 4.98 Å². The Morgan fingerprint density at radius 1 is 1.18 bits per heavy atom. The molecule has 0 saturated carbocycles. The van der Waals surface area contributed by atoms with E-state index >= 15 is 0 Å². The van der Waals surface area contributed by atoms with Gasteiger partial charge in [-0.2, -0.15) is 0 Å². The van der Waals surface area contributed by atoms with Crippen molar-refractivity contribution in [3.63, 3.8) is 0 Å². The predicted molar refractivity (Wildman–Crippen MR) is 89.9 cm³/mol. The quantitative estimate of drug-likeness (QED) is 0.886. The SMILES string of the molecule is CCN(Cc1ccccc1)C(=O)c1ccc(NC(C)C)cn1. The second-order valence-corrected chi connectivity index (χ2v) is 5.54. The highest BCUT2D eigenvalue weighted by molar-refractivity contribution is 5.92. The van der Waals surface area contributed by atoms with Gasteiger partial charge in [0.2, 0.25) is 0 Å². The molecule has 2 aromatic rings. The van der Waals surface area contributed by atoms with E-state index in [0.29, 0.717) is 24.8 Å². The first kappa shape index (κ1) is 16.0. The van der Waals surface area contributed by atoms with Crippen LogP contribution >= 0.6 is 0 Å². The number of carbonyl (C=O) groups is 1. The number of pyridine rings is 1. The summed E-state index contributed by atoms with van der Waals surface area (Å²) < 4.78 is 0. The zero-order valence-corrected chi connectivity index (χ0v) is 13.4. The van der Waals surface area contributed by atoms with Gasteiger partial charge < -0.3 is 10.2 Å². The molecule has 1 heterocycles. The Morgan fingerprint density at radius 3 is 2.45 bits per heavy atom.